The van der Waals surface area contributed by atoms with E-state index in [1.165, 1.54) is 0 Å². The lowest BCUT2D eigenvalue weighted by Gasteiger charge is -2.14. The maximum atomic E-state index is 11.8. The number of aromatic nitrogens is 3. The molecule has 1 aromatic heterocycles. The minimum absolute atomic E-state index is 0.155. The van der Waals surface area contributed by atoms with Gasteiger partial charge < -0.3 is 5.11 Å². The van der Waals surface area contributed by atoms with E-state index in [4.69, 9.17) is 11.6 Å². The largest absolute Gasteiger partial charge is 0.478 e. The minimum atomic E-state index is -1.02. The number of hydrogen-bond donors (Lipinski definition) is 1. The Bertz CT molecular complexity index is 1120. The number of carbonyl (C=O) groups is 1. The molecule has 0 atom stereocenters. The first kappa shape index (κ1) is 17.0. The number of para-hydroxylation sites is 1. The normalized spacial score (nSPS) is 10.7. The molecule has 0 saturated heterocycles. The van der Waals surface area contributed by atoms with Crippen molar-refractivity contribution in [3.05, 3.63) is 89.4 Å². The quantitative estimate of drug-likeness (QED) is 0.547. The van der Waals surface area contributed by atoms with Crippen molar-refractivity contribution < 1.29 is 9.90 Å². The van der Waals surface area contributed by atoms with Crippen molar-refractivity contribution in [2.45, 2.75) is 0 Å². The van der Waals surface area contributed by atoms with Crippen molar-refractivity contribution in [3.8, 4) is 28.5 Å². The highest BCUT2D eigenvalue weighted by molar-refractivity contribution is 6.33. The first-order valence-electron chi connectivity index (χ1n) is 8.25. The highest BCUT2D eigenvalue weighted by Gasteiger charge is 2.22. The number of halogens is 1. The van der Waals surface area contributed by atoms with Crippen molar-refractivity contribution in [1.82, 2.24) is 14.8 Å². The van der Waals surface area contributed by atoms with E-state index in [-0.39, 0.29) is 5.56 Å². The van der Waals surface area contributed by atoms with E-state index in [1.807, 2.05) is 48.5 Å². The molecule has 0 bridgehead atoms. The number of hydrogen-bond acceptors (Lipinski definition) is 3. The van der Waals surface area contributed by atoms with Crippen LogP contribution in [0.1, 0.15) is 10.4 Å². The van der Waals surface area contributed by atoms with Crippen molar-refractivity contribution in [1.29, 1.82) is 0 Å². The van der Waals surface area contributed by atoms with E-state index in [0.29, 0.717) is 27.9 Å². The molecule has 0 aliphatic heterocycles. The van der Waals surface area contributed by atoms with Crippen molar-refractivity contribution >= 4 is 17.6 Å². The van der Waals surface area contributed by atoms with E-state index >= 15 is 0 Å². The number of rotatable bonds is 4. The molecule has 0 radical (unpaired) electrons. The van der Waals surface area contributed by atoms with Crippen LogP contribution < -0.4 is 0 Å². The summed E-state index contributed by atoms with van der Waals surface area (Å²) < 4.78 is 1.74. The van der Waals surface area contributed by atoms with Gasteiger partial charge in [0.15, 0.2) is 11.6 Å². The first-order valence-corrected chi connectivity index (χ1v) is 8.63. The van der Waals surface area contributed by atoms with Gasteiger partial charge in [-0.1, -0.05) is 66.2 Å². The van der Waals surface area contributed by atoms with Gasteiger partial charge in [-0.2, -0.15) is 0 Å². The summed E-state index contributed by atoms with van der Waals surface area (Å²) in [6.07, 6.45) is 0. The summed E-state index contributed by atoms with van der Waals surface area (Å²) in [6, 6.07) is 23.6. The van der Waals surface area contributed by atoms with E-state index in [2.05, 4.69) is 10.2 Å². The molecule has 4 rings (SSSR count). The zero-order chi connectivity index (χ0) is 18.8. The summed E-state index contributed by atoms with van der Waals surface area (Å²) in [5, 5.41) is 18.9. The third-order valence-corrected chi connectivity index (χ3v) is 4.51. The molecule has 0 spiro atoms. The summed E-state index contributed by atoms with van der Waals surface area (Å²) in [5.41, 5.74) is 2.13. The second kappa shape index (κ2) is 7.05. The molecule has 27 heavy (non-hydrogen) atoms. The van der Waals surface area contributed by atoms with Gasteiger partial charge in [0, 0.05) is 11.1 Å². The van der Waals surface area contributed by atoms with Gasteiger partial charge in [-0.15, -0.1) is 10.2 Å². The van der Waals surface area contributed by atoms with E-state index in [0.717, 1.165) is 5.56 Å². The Kier molecular flexibility index (Phi) is 4.44. The average molecular weight is 376 g/mol. The van der Waals surface area contributed by atoms with Crippen LogP contribution in [-0.4, -0.2) is 25.8 Å². The molecule has 1 heterocycles. The van der Waals surface area contributed by atoms with E-state index in [9.17, 15) is 9.90 Å². The Morgan fingerprint density at radius 3 is 2.19 bits per heavy atom. The lowest BCUT2D eigenvalue weighted by atomic mass is 10.1. The van der Waals surface area contributed by atoms with Gasteiger partial charge in [0.05, 0.1) is 16.3 Å². The molecule has 0 aliphatic rings. The summed E-state index contributed by atoms with van der Waals surface area (Å²) in [4.78, 5) is 11.8. The lowest BCUT2D eigenvalue weighted by Crippen LogP contribution is -2.08. The Labute approximate surface area is 160 Å². The van der Waals surface area contributed by atoms with Crippen molar-refractivity contribution in [2.24, 2.45) is 0 Å². The number of aromatic carboxylic acids is 1. The van der Waals surface area contributed by atoms with Crippen LogP contribution in [-0.2, 0) is 0 Å². The molecule has 6 heteroatoms. The molecule has 132 valence electrons. The van der Waals surface area contributed by atoms with Crippen molar-refractivity contribution in [3.63, 3.8) is 0 Å². The molecule has 5 nitrogen and oxygen atoms in total. The van der Waals surface area contributed by atoms with Crippen LogP contribution in [0, 0.1) is 0 Å². The molecular formula is C21H14ClN3O2. The Morgan fingerprint density at radius 2 is 1.44 bits per heavy atom. The molecule has 0 amide bonds. The fraction of sp³-hybridized carbons (Fsp3) is 0. The molecule has 0 unspecified atom stereocenters. The Hall–Kier alpha value is -3.44. The standard InChI is InChI=1S/C21H14ClN3O2/c22-17-12-6-4-10-15(17)20-24-23-19(14-8-2-1-3-9-14)25(20)18-13-7-5-11-16(18)21(26)27/h1-13H,(H,26,27). The van der Waals surface area contributed by atoms with Gasteiger partial charge in [-0.05, 0) is 24.3 Å². The number of carboxylic acid groups (broad SMARTS) is 1. The highest BCUT2D eigenvalue weighted by Crippen LogP contribution is 2.33. The smallest absolute Gasteiger partial charge is 0.337 e. The summed E-state index contributed by atoms with van der Waals surface area (Å²) in [5.74, 6) is -0.00390. The third kappa shape index (κ3) is 3.09. The Morgan fingerprint density at radius 1 is 0.815 bits per heavy atom. The molecule has 4 aromatic rings. The second-order valence-electron chi connectivity index (χ2n) is 5.85. The zero-order valence-electron chi connectivity index (χ0n) is 14.1. The summed E-state index contributed by atoms with van der Waals surface area (Å²) >= 11 is 6.38. The lowest BCUT2D eigenvalue weighted by molar-refractivity contribution is 0.0697. The van der Waals surface area contributed by atoms with Crippen LogP contribution in [0.4, 0.5) is 0 Å². The molecule has 3 aromatic carbocycles. The monoisotopic (exact) mass is 375 g/mol. The second-order valence-corrected chi connectivity index (χ2v) is 6.26. The third-order valence-electron chi connectivity index (χ3n) is 4.19. The number of nitrogens with zero attached hydrogens (tertiary/aromatic N) is 3. The van der Waals surface area contributed by atoms with Gasteiger partial charge in [-0.25, -0.2) is 4.79 Å². The summed E-state index contributed by atoms with van der Waals surface area (Å²) in [7, 11) is 0. The molecule has 0 fully saturated rings. The van der Waals surface area contributed by atoms with Gasteiger partial charge in [0.25, 0.3) is 0 Å². The average Bonchev–Trinajstić information content (AvgIpc) is 3.13. The molecule has 0 saturated carbocycles. The van der Waals surface area contributed by atoms with Crippen molar-refractivity contribution in [2.75, 3.05) is 0 Å². The maximum absolute atomic E-state index is 11.8. The summed E-state index contributed by atoms with van der Waals surface area (Å²) in [6.45, 7) is 0. The van der Waals surface area contributed by atoms with Crippen LogP contribution in [0.5, 0.6) is 0 Å². The molecule has 1 N–H and O–H groups in total. The zero-order valence-corrected chi connectivity index (χ0v) is 14.8. The van der Waals surface area contributed by atoms with E-state index in [1.54, 1.807) is 34.9 Å². The fourth-order valence-corrected chi connectivity index (χ4v) is 3.17. The fourth-order valence-electron chi connectivity index (χ4n) is 2.95. The van der Waals surface area contributed by atoms with Crippen LogP contribution in [0.15, 0.2) is 78.9 Å². The topological polar surface area (TPSA) is 68.0 Å². The highest BCUT2D eigenvalue weighted by atomic mass is 35.5. The minimum Gasteiger partial charge on any atom is -0.478 e. The van der Waals surface area contributed by atoms with Gasteiger partial charge in [-0.3, -0.25) is 4.57 Å². The number of benzene rings is 3. The Balaban J connectivity index is 2.06. The van der Waals surface area contributed by atoms with Crippen LogP contribution in [0.25, 0.3) is 28.5 Å². The molecular weight excluding hydrogens is 362 g/mol. The predicted molar refractivity (Wildman–Crippen MR) is 104 cm³/mol. The van der Waals surface area contributed by atoms with Crippen LogP contribution in [0.2, 0.25) is 5.02 Å². The molecule has 0 aliphatic carbocycles. The van der Waals surface area contributed by atoms with Gasteiger partial charge in [0.2, 0.25) is 0 Å². The van der Waals surface area contributed by atoms with Gasteiger partial charge in [0.1, 0.15) is 0 Å². The van der Waals surface area contributed by atoms with Gasteiger partial charge >= 0.3 is 5.97 Å². The van der Waals surface area contributed by atoms with Crippen LogP contribution >= 0.6 is 11.6 Å². The number of carboxylic acids is 1. The SMILES string of the molecule is O=C(O)c1ccccc1-n1c(-c2ccccc2)nnc1-c1ccccc1Cl. The predicted octanol–water partition coefficient (Wildman–Crippen LogP) is 4.95. The first-order chi connectivity index (χ1) is 13.2. The maximum Gasteiger partial charge on any atom is 0.337 e. The van der Waals surface area contributed by atoms with Crippen LogP contribution in [0.3, 0.4) is 0 Å². The van der Waals surface area contributed by atoms with E-state index < -0.39 is 5.97 Å².